The Kier molecular flexibility index (Phi) is 64.0. The molecule has 0 bridgehead atoms. The van der Waals surface area contributed by atoms with Crippen molar-refractivity contribution < 1.29 is 57.5 Å². The molecule has 0 fully saturated rings. The Morgan fingerprint density at radius 2 is 0.791 bits per heavy atom. The lowest BCUT2D eigenvalue weighted by Gasteiger charge is -2.12. The van der Waals surface area contributed by atoms with E-state index in [1.54, 1.807) is 32.5 Å². The molecule has 0 aromatic carbocycles. The molecule has 0 radical (unpaired) electrons. The Morgan fingerprint density at radius 3 is 1.03 bits per heavy atom. The smallest absolute Gasteiger partial charge is 0.304 e. The number of carboxylic acids is 1. The Hall–Kier alpha value is -3.19. The summed E-state index contributed by atoms with van der Waals surface area (Å²) in [5, 5.41) is 19.0. The maximum atomic E-state index is 11.8. The molecular weight excluding hydrogens is 912 g/mol. The molecule has 1 unspecified atom stereocenters. The summed E-state index contributed by atoms with van der Waals surface area (Å²) in [6, 6.07) is 0. The molecule has 13 N–H and O–H groups in total. The van der Waals surface area contributed by atoms with Crippen LogP contribution in [0.25, 0.3) is 0 Å². The molecule has 0 aliphatic rings. The van der Waals surface area contributed by atoms with Gasteiger partial charge in [0.15, 0.2) is 0 Å². The third kappa shape index (κ3) is 64.9. The van der Waals surface area contributed by atoms with E-state index < -0.39 is 5.97 Å². The molecule has 396 valence electrons. The highest BCUT2D eigenvalue weighted by Crippen LogP contribution is 2.07. The Labute approximate surface area is 412 Å². The van der Waals surface area contributed by atoms with Crippen molar-refractivity contribution in [3.8, 4) is 0 Å². The highest BCUT2D eigenvalue weighted by atomic mass is 35.5. The fourth-order valence-electron chi connectivity index (χ4n) is 4.02. The first-order chi connectivity index (χ1) is 31.6. The average molecular weight is 1000 g/mol. The number of aliphatic carboxylic acids is 1. The van der Waals surface area contributed by atoms with Crippen molar-refractivity contribution in [2.24, 2.45) is 28.9 Å². The molecule has 0 aromatic heterocycles. The third-order valence-corrected chi connectivity index (χ3v) is 8.98. The van der Waals surface area contributed by atoms with Gasteiger partial charge in [-0.3, -0.25) is 24.0 Å². The van der Waals surface area contributed by atoms with E-state index in [0.717, 1.165) is 63.2 Å². The van der Waals surface area contributed by atoms with Gasteiger partial charge in [-0.05, 0) is 72.4 Å². The van der Waals surface area contributed by atoms with Gasteiger partial charge in [0.05, 0.1) is 46.1 Å². The second kappa shape index (κ2) is 58.9. The lowest BCUT2D eigenvalue weighted by atomic mass is 10.2. The molecule has 0 aliphatic heterocycles. The molecule has 0 spiro atoms. The van der Waals surface area contributed by atoms with Crippen LogP contribution in [0.15, 0.2) is 36.5 Å². The molecule has 0 saturated carbocycles. The summed E-state index contributed by atoms with van der Waals surface area (Å²) in [4.78, 5) is 54.9. The Bertz CT molecular complexity index is 1200. The molecule has 1 atom stereocenters. The van der Waals surface area contributed by atoms with Gasteiger partial charge in [-0.2, -0.15) is 11.8 Å². The number of carbonyl (C=O) groups excluding carboxylic acids is 4. The zero-order chi connectivity index (χ0) is 50.5. The minimum absolute atomic E-state index is 0. The number of carbonyl (C=O) groups is 5. The SMILES string of the molecule is C=C(C)C(=O)NCCCOCCOCCCNC(=O)C(=C)C.C=C(C)C(=O)NCCCOCCOCCCNC(=O)C(C)CSCCN.Cl.NCCC(=O)O.NCCCOCCOCCCN. The summed E-state index contributed by atoms with van der Waals surface area (Å²) in [5.74, 6) is 0.563. The molecule has 0 rings (SSSR count). The quantitative estimate of drug-likeness (QED) is 0.0311. The molecule has 0 saturated heterocycles. The standard InChI is InChI=1S/C18H35N3O4S.C16H28N2O4.C8H20N2O2.C3H7NO2.ClH/c1-15(2)17(22)20-7-4-9-24-11-12-25-10-5-8-21-18(23)16(3)14-26-13-6-19;1-13(2)15(19)17-7-5-9-21-11-12-22-10-6-8-18-16(20)14(3)4;9-3-1-5-11-7-8-12-6-2-4-10;4-2-1-3(5)6;/h16H,1,4-14,19H2,2-3H3,(H,20,22)(H,21,23);1,3,5-12H2,2,4H3,(H,17,19)(H,18,20);1-10H2;1-2,4H2,(H,5,6);1H. The maximum absolute atomic E-state index is 11.8. The van der Waals surface area contributed by atoms with Crippen LogP contribution in [-0.4, -0.2) is 178 Å². The lowest BCUT2D eigenvalue weighted by Crippen LogP contribution is -2.31. The number of hydrogen-bond acceptors (Lipinski definition) is 16. The van der Waals surface area contributed by atoms with E-state index in [1.165, 1.54) is 0 Å². The van der Waals surface area contributed by atoms with E-state index in [-0.39, 0.29) is 54.9 Å². The largest absolute Gasteiger partial charge is 0.481 e. The Morgan fingerprint density at radius 1 is 0.493 bits per heavy atom. The van der Waals surface area contributed by atoms with E-state index in [1.807, 2.05) is 6.92 Å². The lowest BCUT2D eigenvalue weighted by molar-refractivity contribution is -0.136. The monoisotopic (exact) mass is 1000 g/mol. The van der Waals surface area contributed by atoms with Crippen LogP contribution in [0.5, 0.6) is 0 Å². The van der Waals surface area contributed by atoms with Crippen LogP contribution in [0.1, 0.15) is 72.6 Å². The van der Waals surface area contributed by atoms with Crippen molar-refractivity contribution >= 4 is 53.8 Å². The van der Waals surface area contributed by atoms with Gasteiger partial charge < -0.3 is 77.7 Å². The summed E-state index contributed by atoms with van der Waals surface area (Å²) in [6.07, 6.45) is 4.96. The molecule has 67 heavy (non-hydrogen) atoms. The first-order valence-corrected chi connectivity index (χ1v) is 23.9. The van der Waals surface area contributed by atoms with E-state index in [4.69, 9.17) is 56.5 Å². The third-order valence-electron chi connectivity index (χ3n) is 7.72. The van der Waals surface area contributed by atoms with Gasteiger partial charge in [0.25, 0.3) is 0 Å². The van der Waals surface area contributed by atoms with E-state index in [9.17, 15) is 24.0 Å². The first-order valence-electron chi connectivity index (χ1n) is 22.8. The number of rotatable bonds is 41. The molecule has 0 aliphatic carbocycles. The minimum Gasteiger partial charge on any atom is -0.481 e. The molecule has 0 aromatic rings. The minimum atomic E-state index is -0.836. The first kappa shape index (κ1) is 72.8. The number of nitrogens with one attached hydrogen (secondary N) is 4. The number of halogens is 1. The maximum Gasteiger partial charge on any atom is 0.304 e. The van der Waals surface area contributed by atoms with Gasteiger partial charge in [0.1, 0.15) is 0 Å². The zero-order valence-corrected chi connectivity index (χ0v) is 42.9. The van der Waals surface area contributed by atoms with Gasteiger partial charge in [-0.1, -0.05) is 26.7 Å². The highest BCUT2D eigenvalue weighted by Gasteiger charge is 2.11. The van der Waals surface area contributed by atoms with Gasteiger partial charge in [0.2, 0.25) is 23.6 Å². The van der Waals surface area contributed by atoms with Crippen LogP contribution >= 0.6 is 24.2 Å². The van der Waals surface area contributed by atoms with E-state index in [2.05, 4.69) is 41.0 Å². The average Bonchev–Trinajstić information content (AvgIpc) is 3.28. The van der Waals surface area contributed by atoms with Gasteiger partial charge in [0, 0.05) is 113 Å². The Balaban J connectivity index is -0.000000281. The van der Waals surface area contributed by atoms with Crippen LogP contribution in [0, 0.1) is 5.92 Å². The summed E-state index contributed by atoms with van der Waals surface area (Å²) >= 11 is 1.70. The molecule has 4 amide bonds. The van der Waals surface area contributed by atoms with Crippen LogP contribution < -0.4 is 44.2 Å². The summed E-state index contributed by atoms with van der Waals surface area (Å²) in [6.45, 7) is 29.4. The summed E-state index contributed by atoms with van der Waals surface area (Å²) < 4.78 is 32.1. The second-order valence-corrected chi connectivity index (χ2v) is 15.6. The molecule has 22 heteroatoms. The molecule has 20 nitrogen and oxygen atoms in total. The van der Waals surface area contributed by atoms with Gasteiger partial charge >= 0.3 is 5.97 Å². The van der Waals surface area contributed by atoms with Crippen molar-refractivity contribution in [3.05, 3.63) is 36.5 Å². The fraction of sp³-hybridized carbons (Fsp3) is 0.756. The van der Waals surface area contributed by atoms with Crippen LogP contribution in [0.2, 0.25) is 0 Å². The van der Waals surface area contributed by atoms with Crippen molar-refractivity contribution in [1.82, 2.24) is 21.3 Å². The van der Waals surface area contributed by atoms with Gasteiger partial charge in [-0.15, -0.1) is 12.4 Å². The van der Waals surface area contributed by atoms with Gasteiger partial charge in [-0.25, -0.2) is 0 Å². The summed E-state index contributed by atoms with van der Waals surface area (Å²) in [5.41, 5.74) is 22.4. The number of nitrogens with two attached hydrogens (primary N) is 4. The second-order valence-electron chi connectivity index (χ2n) is 14.5. The van der Waals surface area contributed by atoms with Crippen LogP contribution in [0.4, 0.5) is 0 Å². The zero-order valence-electron chi connectivity index (χ0n) is 41.3. The number of amides is 4. The normalized spacial score (nSPS) is 10.5. The number of ether oxygens (including phenoxy) is 6. The predicted molar refractivity (Wildman–Crippen MR) is 271 cm³/mol. The van der Waals surface area contributed by atoms with Crippen LogP contribution in [-0.2, 0) is 52.4 Å². The van der Waals surface area contributed by atoms with Crippen LogP contribution in [0.3, 0.4) is 0 Å². The van der Waals surface area contributed by atoms with Crippen molar-refractivity contribution in [2.75, 3.05) is 143 Å². The van der Waals surface area contributed by atoms with E-state index >= 15 is 0 Å². The molecule has 0 heterocycles. The summed E-state index contributed by atoms with van der Waals surface area (Å²) in [7, 11) is 0. The highest BCUT2D eigenvalue weighted by molar-refractivity contribution is 7.99. The molecular formula is C45H91ClN8O12S. The number of thioether (sulfide) groups is 1. The van der Waals surface area contributed by atoms with Crippen molar-refractivity contribution in [3.63, 3.8) is 0 Å². The topological polar surface area (TPSA) is 313 Å². The van der Waals surface area contributed by atoms with Crippen molar-refractivity contribution in [2.45, 2.75) is 72.6 Å². The van der Waals surface area contributed by atoms with E-state index in [0.29, 0.717) is 129 Å². The number of hydrogen-bond donors (Lipinski definition) is 9. The van der Waals surface area contributed by atoms with Crippen molar-refractivity contribution in [1.29, 1.82) is 0 Å². The number of carboxylic acid groups (broad SMARTS) is 1. The predicted octanol–water partition coefficient (Wildman–Crippen LogP) is 1.68. The fourth-order valence-corrected chi connectivity index (χ4v) is 4.86.